The lowest BCUT2D eigenvalue weighted by atomic mass is 9.90. The summed E-state index contributed by atoms with van der Waals surface area (Å²) in [6.45, 7) is 6.25. The molecule has 2 aromatic carbocycles. The molecule has 5 nitrogen and oxygen atoms in total. The normalized spacial score (nSPS) is 20.4. The van der Waals surface area contributed by atoms with Gasteiger partial charge in [0.2, 0.25) is 0 Å². The minimum atomic E-state index is -0.518. The average molecular weight is 465 g/mol. The van der Waals surface area contributed by atoms with Crippen molar-refractivity contribution in [2.75, 3.05) is 26.8 Å². The van der Waals surface area contributed by atoms with Gasteiger partial charge in [-0.05, 0) is 87.0 Å². The molecular formula is C27H32N2O3S. The Labute approximate surface area is 198 Å². The number of β-amino-alcohol motifs (C(OH)–C–C–N with tert-alkyl or cyclic N) is 1. The Morgan fingerprint density at radius 3 is 2.91 bits per heavy atom. The highest BCUT2D eigenvalue weighted by Gasteiger charge is 2.29. The molecule has 0 radical (unpaired) electrons. The number of benzene rings is 2. The van der Waals surface area contributed by atoms with E-state index in [1.165, 1.54) is 15.0 Å². The zero-order valence-electron chi connectivity index (χ0n) is 19.5. The van der Waals surface area contributed by atoms with E-state index < -0.39 is 6.10 Å². The van der Waals surface area contributed by atoms with Crippen LogP contribution >= 0.6 is 11.3 Å². The number of nitrogens with one attached hydrogen (secondary N) is 1. The highest BCUT2D eigenvalue weighted by atomic mass is 32.1. The van der Waals surface area contributed by atoms with Gasteiger partial charge in [0.15, 0.2) is 0 Å². The zero-order valence-corrected chi connectivity index (χ0v) is 20.3. The van der Waals surface area contributed by atoms with Crippen LogP contribution in [0.3, 0.4) is 0 Å². The number of likely N-dealkylation sites (tertiary alicyclic amines) is 1. The molecule has 0 unspecified atom stereocenters. The molecule has 4 aromatic rings. The number of aryl methyl sites for hydroxylation is 1. The molecule has 0 aliphatic carbocycles. The third kappa shape index (κ3) is 4.74. The van der Waals surface area contributed by atoms with Crippen LogP contribution in [-0.4, -0.2) is 53.9 Å². The lowest BCUT2D eigenvalue weighted by molar-refractivity contribution is 0.0408. The maximum Gasteiger partial charge on any atom is 0.128 e. The first-order valence-electron chi connectivity index (χ1n) is 11.7. The Hall–Kier alpha value is -2.54. The molecule has 2 N–H and O–H groups in total. The number of aromatic amines is 1. The molecule has 0 spiro atoms. The number of nitrogens with zero attached hydrogens (tertiary/aromatic N) is 1. The highest BCUT2D eigenvalue weighted by molar-refractivity contribution is 7.19. The first-order valence-corrected chi connectivity index (χ1v) is 12.5. The molecule has 5 rings (SSSR count). The minimum Gasteiger partial charge on any atom is -0.497 e. The monoisotopic (exact) mass is 464 g/mol. The van der Waals surface area contributed by atoms with Gasteiger partial charge in [0.25, 0.3) is 0 Å². The van der Waals surface area contributed by atoms with Crippen molar-refractivity contribution in [3.8, 4) is 11.5 Å². The third-order valence-corrected chi connectivity index (χ3v) is 8.06. The maximum absolute atomic E-state index is 10.7. The standard InChI is InChI=1S/C27H32N2O3S/c1-17-11-23-24(28-17)5-4-6-25(23)32-16-21(30)15-29-10-9-20(12-18(29)2)26-13-19-7-8-22(31-3)14-27(19)33-26/h4-8,11,13-14,18,20-21,28,30H,9-10,12,15-16H2,1-3H3/t18-,20-,21-/m0/s1. The summed E-state index contributed by atoms with van der Waals surface area (Å²) in [5.41, 5.74) is 2.17. The Morgan fingerprint density at radius 2 is 2.09 bits per heavy atom. The van der Waals surface area contributed by atoms with Crippen LogP contribution in [0.4, 0.5) is 0 Å². The second kappa shape index (κ2) is 9.37. The molecule has 1 aliphatic heterocycles. The second-order valence-electron chi connectivity index (χ2n) is 9.25. The average Bonchev–Trinajstić information content (AvgIpc) is 3.41. The fraction of sp³-hybridized carbons (Fsp3) is 0.407. The predicted molar refractivity (Wildman–Crippen MR) is 136 cm³/mol. The summed E-state index contributed by atoms with van der Waals surface area (Å²) in [6.07, 6.45) is 1.71. The molecule has 2 aromatic heterocycles. The molecule has 1 fully saturated rings. The molecule has 33 heavy (non-hydrogen) atoms. The fourth-order valence-corrected chi connectivity index (χ4v) is 6.25. The van der Waals surface area contributed by atoms with Gasteiger partial charge in [-0.2, -0.15) is 0 Å². The number of ether oxygens (including phenoxy) is 2. The number of methoxy groups -OCH3 is 1. The largest absolute Gasteiger partial charge is 0.497 e. The van der Waals surface area contributed by atoms with Gasteiger partial charge < -0.3 is 19.6 Å². The minimum absolute atomic E-state index is 0.300. The van der Waals surface area contributed by atoms with E-state index in [0.717, 1.165) is 47.5 Å². The number of H-pyrrole nitrogens is 1. The van der Waals surface area contributed by atoms with Crippen LogP contribution in [0.15, 0.2) is 48.5 Å². The van der Waals surface area contributed by atoms with E-state index in [0.29, 0.717) is 25.1 Å². The van der Waals surface area contributed by atoms with Gasteiger partial charge >= 0.3 is 0 Å². The third-order valence-electron chi connectivity index (χ3n) is 6.80. The molecule has 174 valence electrons. The lowest BCUT2D eigenvalue weighted by Crippen LogP contribution is -2.45. The van der Waals surface area contributed by atoms with Crippen LogP contribution in [0.25, 0.3) is 21.0 Å². The molecule has 0 amide bonds. The van der Waals surface area contributed by atoms with Gasteiger partial charge in [-0.15, -0.1) is 11.3 Å². The van der Waals surface area contributed by atoms with E-state index in [2.05, 4.69) is 41.1 Å². The number of piperidine rings is 1. The summed E-state index contributed by atoms with van der Waals surface area (Å²) in [7, 11) is 1.72. The molecule has 1 saturated heterocycles. The molecule has 3 atom stereocenters. The number of aliphatic hydroxyl groups is 1. The lowest BCUT2D eigenvalue weighted by Gasteiger charge is -2.38. The summed E-state index contributed by atoms with van der Waals surface area (Å²) in [6, 6.07) is 17.2. The topological polar surface area (TPSA) is 57.7 Å². The van der Waals surface area contributed by atoms with Crippen LogP contribution < -0.4 is 9.47 Å². The number of fused-ring (bicyclic) bond motifs is 2. The number of rotatable bonds is 7. The van der Waals surface area contributed by atoms with Crippen LogP contribution in [0.1, 0.15) is 36.3 Å². The Bertz CT molecular complexity index is 1250. The molecule has 1 aliphatic rings. The van der Waals surface area contributed by atoms with Gasteiger partial charge in [-0.1, -0.05) is 6.07 Å². The number of thiophene rings is 1. The molecule has 6 heteroatoms. The quantitative estimate of drug-likeness (QED) is 0.368. The van der Waals surface area contributed by atoms with Crippen molar-refractivity contribution in [2.45, 2.75) is 44.8 Å². The maximum atomic E-state index is 10.7. The van der Waals surface area contributed by atoms with Gasteiger partial charge in [-0.3, -0.25) is 4.90 Å². The summed E-state index contributed by atoms with van der Waals surface area (Å²) in [5.74, 6) is 2.31. The van der Waals surface area contributed by atoms with Gasteiger partial charge in [0, 0.05) is 38.8 Å². The predicted octanol–water partition coefficient (Wildman–Crippen LogP) is 5.71. The summed E-state index contributed by atoms with van der Waals surface area (Å²) in [4.78, 5) is 7.20. The number of aromatic nitrogens is 1. The van der Waals surface area contributed by atoms with E-state index in [1.54, 1.807) is 7.11 Å². The van der Waals surface area contributed by atoms with Crippen molar-refractivity contribution >= 4 is 32.3 Å². The van der Waals surface area contributed by atoms with Crippen molar-refractivity contribution in [3.05, 3.63) is 59.1 Å². The Balaban J connectivity index is 1.17. The SMILES string of the molecule is COc1ccc2cc([C@H]3CCN(C[C@H](O)COc4cccc5[nH]c(C)cc45)[C@@H](C)C3)sc2c1. The molecule has 0 bridgehead atoms. The first-order chi connectivity index (χ1) is 16.0. The Morgan fingerprint density at radius 1 is 1.21 bits per heavy atom. The van der Waals surface area contributed by atoms with Crippen LogP contribution in [0.5, 0.6) is 11.5 Å². The summed E-state index contributed by atoms with van der Waals surface area (Å²) < 4.78 is 12.7. The van der Waals surface area contributed by atoms with Gasteiger partial charge in [0.05, 0.1) is 7.11 Å². The highest BCUT2D eigenvalue weighted by Crippen LogP contribution is 2.39. The van der Waals surface area contributed by atoms with E-state index in [4.69, 9.17) is 9.47 Å². The molecule has 0 saturated carbocycles. The van der Waals surface area contributed by atoms with Crippen LogP contribution in [-0.2, 0) is 0 Å². The number of hydrogen-bond acceptors (Lipinski definition) is 5. The van der Waals surface area contributed by atoms with Crippen molar-refractivity contribution in [1.29, 1.82) is 0 Å². The first kappa shape index (κ1) is 22.3. The Kier molecular flexibility index (Phi) is 6.32. The second-order valence-corrected chi connectivity index (χ2v) is 10.4. The smallest absolute Gasteiger partial charge is 0.128 e. The van der Waals surface area contributed by atoms with Crippen LogP contribution in [0, 0.1) is 6.92 Å². The van der Waals surface area contributed by atoms with Gasteiger partial charge in [0.1, 0.15) is 24.2 Å². The summed E-state index contributed by atoms with van der Waals surface area (Å²) in [5, 5.41) is 13.1. The molecule has 3 heterocycles. The van der Waals surface area contributed by atoms with Crippen molar-refractivity contribution in [2.24, 2.45) is 0 Å². The van der Waals surface area contributed by atoms with E-state index >= 15 is 0 Å². The van der Waals surface area contributed by atoms with E-state index in [-0.39, 0.29) is 0 Å². The van der Waals surface area contributed by atoms with Crippen molar-refractivity contribution in [1.82, 2.24) is 9.88 Å². The number of aliphatic hydroxyl groups excluding tert-OH is 1. The van der Waals surface area contributed by atoms with Gasteiger partial charge in [-0.25, -0.2) is 0 Å². The fourth-order valence-electron chi connectivity index (χ4n) is 5.01. The van der Waals surface area contributed by atoms with Crippen molar-refractivity contribution < 1.29 is 14.6 Å². The van der Waals surface area contributed by atoms with Crippen LogP contribution in [0.2, 0.25) is 0 Å². The number of hydrogen-bond donors (Lipinski definition) is 2. The molecular weight excluding hydrogens is 432 g/mol. The van der Waals surface area contributed by atoms with E-state index in [9.17, 15) is 5.11 Å². The van der Waals surface area contributed by atoms with Crippen molar-refractivity contribution in [3.63, 3.8) is 0 Å². The van der Waals surface area contributed by atoms with E-state index in [1.807, 2.05) is 42.5 Å². The summed E-state index contributed by atoms with van der Waals surface area (Å²) >= 11 is 1.89. The zero-order chi connectivity index (χ0) is 22.9.